The standard InChI is InChI=1S/C24H24BrNO4S2/c1-3-12-29-22(27)10-11-26-23(28)21(32-24(26)31)14-18-13-19(25)8-9-20(18)30-15-17-7-5-4-6-16(17)2/h4-9,13-14H,3,10-12,15H2,1-2H3/b21-14+. The Hall–Kier alpha value is -2.16. The van der Waals surface area contributed by atoms with Gasteiger partial charge in [0.15, 0.2) is 0 Å². The maximum Gasteiger partial charge on any atom is 0.307 e. The lowest BCUT2D eigenvalue weighted by Crippen LogP contribution is -2.30. The van der Waals surface area contributed by atoms with Crippen molar-refractivity contribution in [1.29, 1.82) is 0 Å². The summed E-state index contributed by atoms with van der Waals surface area (Å²) in [5, 5.41) is 0. The van der Waals surface area contributed by atoms with Crippen LogP contribution in [0, 0.1) is 6.92 Å². The van der Waals surface area contributed by atoms with Gasteiger partial charge in [-0.05, 0) is 48.7 Å². The smallest absolute Gasteiger partial charge is 0.307 e. The summed E-state index contributed by atoms with van der Waals surface area (Å²) in [5.41, 5.74) is 3.03. The number of hydrogen-bond donors (Lipinski definition) is 0. The predicted molar refractivity (Wildman–Crippen MR) is 135 cm³/mol. The summed E-state index contributed by atoms with van der Waals surface area (Å²) < 4.78 is 12.5. The molecule has 1 aliphatic rings. The Bertz CT molecular complexity index is 1050. The Labute approximate surface area is 206 Å². The number of esters is 1. The minimum atomic E-state index is -0.330. The fraction of sp³-hybridized carbons (Fsp3) is 0.292. The lowest BCUT2D eigenvalue weighted by atomic mass is 10.1. The number of rotatable bonds is 9. The van der Waals surface area contributed by atoms with E-state index in [2.05, 4.69) is 15.9 Å². The van der Waals surface area contributed by atoms with E-state index in [4.69, 9.17) is 21.7 Å². The molecular weight excluding hydrogens is 510 g/mol. The van der Waals surface area contributed by atoms with Crippen molar-refractivity contribution in [2.75, 3.05) is 13.2 Å². The average Bonchev–Trinajstić information content (AvgIpc) is 3.03. The van der Waals surface area contributed by atoms with E-state index in [9.17, 15) is 9.59 Å². The third-order valence-electron chi connectivity index (χ3n) is 4.78. The molecule has 0 atom stereocenters. The summed E-state index contributed by atoms with van der Waals surface area (Å²) in [4.78, 5) is 26.6. The number of ether oxygens (including phenoxy) is 2. The van der Waals surface area contributed by atoms with Crippen LogP contribution in [0.4, 0.5) is 0 Å². The molecule has 1 heterocycles. The molecule has 0 N–H and O–H groups in total. The molecule has 8 heteroatoms. The number of nitrogens with zero attached hydrogens (tertiary/aromatic N) is 1. The Morgan fingerprint density at radius 2 is 2.03 bits per heavy atom. The summed E-state index contributed by atoms with van der Waals surface area (Å²) in [6.07, 6.45) is 2.66. The second kappa shape index (κ2) is 11.6. The number of carbonyl (C=O) groups is 2. The van der Waals surface area contributed by atoms with Gasteiger partial charge in [-0.25, -0.2) is 0 Å². The number of thiocarbonyl (C=S) groups is 1. The molecule has 168 valence electrons. The van der Waals surface area contributed by atoms with E-state index in [1.54, 1.807) is 6.08 Å². The lowest BCUT2D eigenvalue weighted by Gasteiger charge is -2.14. The first-order valence-corrected chi connectivity index (χ1v) is 12.3. The molecule has 1 aliphatic heterocycles. The number of thioether (sulfide) groups is 1. The molecule has 0 aliphatic carbocycles. The van der Waals surface area contributed by atoms with Crippen molar-refractivity contribution in [3.05, 3.63) is 68.5 Å². The molecule has 0 unspecified atom stereocenters. The fourth-order valence-corrected chi connectivity index (χ4v) is 4.69. The van der Waals surface area contributed by atoms with Crippen molar-refractivity contribution in [1.82, 2.24) is 4.90 Å². The molecule has 1 saturated heterocycles. The number of halogens is 1. The number of hydrogen-bond acceptors (Lipinski definition) is 6. The molecule has 0 radical (unpaired) electrons. The summed E-state index contributed by atoms with van der Waals surface area (Å²) in [7, 11) is 0. The quantitative estimate of drug-likeness (QED) is 0.228. The molecule has 1 fully saturated rings. The second-order valence-corrected chi connectivity index (χ2v) is 9.79. The highest BCUT2D eigenvalue weighted by Crippen LogP contribution is 2.35. The van der Waals surface area contributed by atoms with Crippen molar-refractivity contribution >= 4 is 62.2 Å². The van der Waals surface area contributed by atoms with Crippen LogP contribution in [0.25, 0.3) is 6.08 Å². The van der Waals surface area contributed by atoms with Gasteiger partial charge in [-0.15, -0.1) is 0 Å². The van der Waals surface area contributed by atoms with Crippen molar-refractivity contribution in [3.63, 3.8) is 0 Å². The van der Waals surface area contributed by atoms with E-state index in [0.717, 1.165) is 27.6 Å². The third kappa shape index (κ3) is 6.43. The fourth-order valence-electron chi connectivity index (χ4n) is 3.02. The average molecular weight is 534 g/mol. The monoisotopic (exact) mass is 533 g/mol. The summed E-state index contributed by atoms with van der Waals surface area (Å²) >= 11 is 10.1. The van der Waals surface area contributed by atoms with Gasteiger partial charge in [0.25, 0.3) is 5.91 Å². The summed E-state index contributed by atoms with van der Waals surface area (Å²) in [5.74, 6) is 0.127. The molecule has 0 spiro atoms. The Morgan fingerprint density at radius 3 is 2.78 bits per heavy atom. The predicted octanol–water partition coefficient (Wildman–Crippen LogP) is 5.88. The highest BCUT2D eigenvalue weighted by molar-refractivity contribution is 9.10. The van der Waals surface area contributed by atoms with E-state index < -0.39 is 0 Å². The van der Waals surface area contributed by atoms with Crippen LogP contribution in [0.1, 0.15) is 36.5 Å². The molecule has 32 heavy (non-hydrogen) atoms. The topological polar surface area (TPSA) is 55.8 Å². The molecule has 0 saturated carbocycles. The number of benzene rings is 2. The van der Waals surface area contributed by atoms with Crippen molar-refractivity contribution in [2.24, 2.45) is 0 Å². The number of aryl methyl sites for hydroxylation is 1. The number of carbonyl (C=O) groups excluding carboxylic acids is 2. The van der Waals surface area contributed by atoms with Crippen molar-refractivity contribution in [3.8, 4) is 5.75 Å². The van der Waals surface area contributed by atoms with Gasteiger partial charge in [-0.3, -0.25) is 14.5 Å². The third-order valence-corrected chi connectivity index (χ3v) is 6.65. The van der Waals surface area contributed by atoms with Crippen LogP contribution in [0.5, 0.6) is 5.75 Å². The minimum absolute atomic E-state index is 0.112. The zero-order valence-electron chi connectivity index (χ0n) is 17.9. The van der Waals surface area contributed by atoms with Crippen LogP contribution < -0.4 is 4.74 Å². The normalized spacial score (nSPS) is 14.8. The van der Waals surface area contributed by atoms with E-state index in [1.165, 1.54) is 16.7 Å². The van der Waals surface area contributed by atoms with Gasteiger partial charge in [-0.2, -0.15) is 0 Å². The van der Waals surface area contributed by atoms with Crippen LogP contribution >= 0.6 is 39.9 Å². The molecule has 2 aromatic carbocycles. The molecule has 0 bridgehead atoms. The number of amides is 1. The van der Waals surface area contributed by atoms with Gasteiger partial charge < -0.3 is 9.47 Å². The van der Waals surface area contributed by atoms with E-state index >= 15 is 0 Å². The van der Waals surface area contributed by atoms with Crippen LogP contribution in [-0.2, 0) is 20.9 Å². The van der Waals surface area contributed by atoms with E-state index in [-0.39, 0.29) is 24.8 Å². The molecule has 1 amide bonds. The Balaban J connectivity index is 1.73. The maximum atomic E-state index is 12.9. The molecule has 0 aromatic heterocycles. The van der Waals surface area contributed by atoms with Crippen LogP contribution in [-0.4, -0.2) is 34.2 Å². The van der Waals surface area contributed by atoms with Crippen LogP contribution in [0.15, 0.2) is 51.8 Å². The van der Waals surface area contributed by atoms with Gasteiger partial charge in [0.05, 0.1) is 17.9 Å². The van der Waals surface area contributed by atoms with Crippen LogP contribution in [0.3, 0.4) is 0 Å². The zero-order valence-corrected chi connectivity index (χ0v) is 21.1. The van der Waals surface area contributed by atoms with E-state index in [1.807, 2.05) is 56.3 Å². The van der Waals surface area contributed by atoms with Gasteiger partial charge in [-0.1, -0.05) is 71.1 Å². The second-order valence-electron chi connectivity index (χ2n) is 7.20. The first-order chi connectivity index (χ1) is 15.4. The first kappa shape index (κ1) is 24.5. The molecule has 5 nitrogen and oxygen atoms in total. The van der Waals surface area contributed by atoms with Crippen molar-refractivity contribution < 1.29 is 19.1 Å². The lowest BCUT2D eigenvalue weighted by molar-refractivity contribution is -0.143. The Kier molecular flexibility index (Phi) is 8.90. The first-order valence-electron chi connectivity index (χ1n) is 10.3. The SMILES string of the molecule is CCCOC(=O)CCN1C(=O)/C(=C\c2cc(Br)ccc2OCc2ccccc2C)SC1=S. The van der Waals surface area contributed by atoms with Crippen LogP contribution in [0.2, 0.25) is 0 Å². The summed E-state index contributed by atoms with van der Waals surface area (Å²) in [6, 6.07) is 13.7. The largest absolute Gasteiger partial charge is 0.488 e. The highest BCUT2D eigenvalue weighted by atomic mass is 79.9. The minimum Gasteiger partial charge on any atom is -0.488 e. The zero-order chi connectivity index (χ0) is 23.1. The van der Waals surface area contributed by atoms with Gasteiger partial charge in [0.2, 0.25) is 0 Å². The maximum absolute atomic E-state index is 12.9. The van der Waals surface area contributed by atoms with E-state index in [0.29, 0.717) is 28.2 Å². The molecular formula is C24H24BrNO4S2. The highest BCUT2D eigenvalue weighted by Gasteiger charge is 2.32. The Morgan fingerprint density at radius 1 is 1.25 bits per heavy atom. The van der Waals surface area contributed by atoms with Gasteiger partial charge in [0.1, 0.15) is 16.7 Å². The van der Waals surface area contributed by atoms with Gasteiger partial charge in [0, 0.05) is 16.6 Å². The van der Waals surface area contributed by atoms with Gasteiger partial charge >= 0.3 is 5.97 Å². The molecule has 3 rings (SSSR count). The summed E-state index contributed by atoms with van der Waals surface area (Å²) in [6.45, 7) is 4.99. The molecule has 2 aromatic rings. The van der Waals surface area contributed by atoms with Crippen molar-refractivity contribution in [2.45, 2.75) is 33.3 Å².